The van der Waals surface area contributed by atoms with E-state index < -0.39 is 22.3 Å². The summed E-state index contributed by atoms with van der Waals surface area (Å²) in [5.41, 5.74) is 9.11. The summed E-state index contributed by atoms with van der Waals surface area (Å²) in [6.07, 6.45) is 17.0. The van der Waals surface area contributed by atoms with Crippen molar-refractivity contribution in [3.63, 3.8) is 0 Å². The van der Waals surface area contributed by atoms with Crippen LogP contribution in [0.1, 0.15) is 181 Å². The molecule has 1 saturated carbocycles. The van der Waals surface area contributed by atoms with E-state index in [1.165, 1.54) is 34.0 Å². The second kappa shape index (κ2) is 32.4. The molecule has 604 valence electrons. The molecule has 0 saturated heterocycles. The predicted octanol–water partition coefficient (Wildman–Crippen LogP) is 11.9. The van der Waals surface area contributed by atoms with E-state index in [1.54, 1.807) is 60.9 Å². The molecule has 115 heavy (non-hydrogen) atoms. The van der Waals surface area contributed by atoms with Crippen molar-refractivity contribution in [3.8, 4) is 59.5 Å². The fourth-order valence-electron chi connectivity index (χ4n) is 20.8. The van der Waals surface area contributed by atoms with Crippen LogP contribution >= 0.6 is 0 Å². The highest BCUT2D eigenvalue weighted by molar-refractivity contribution is 6.01. The molecule has 6 aromatic heterocycles. The average molecular weight is 1570 g/mol. The lowest BCUT2D eigenvalue weighted by Gasteiger charge is -2.47. The van der Waals surface area contributed by atoms with Crippen LogP contribution in [0.3, 0.4) is 0 Å². The summed E-state index contributed by atoms with van der Waals surface area (Å²) >= 11 is 0. The van der Waals surface area contributed by atoms with Crippen LogP contribution < -0.4 is 47.4 Å². The molecule has 6 heterocycles. The number of carbonyl (C=O) groups is 4. The summed E-state index contributed by atoms with van der Waals surface area (Å²) in [5, 5.41) is 4.01. The van der Waals surface area contributed by atoms with Crippen LogP contribution in [0, 0.1) is 79.5 Å². The zero-order valence-corrected chi connectivity index (χ0v) is 69.0. The van der Waals surface area contributed by atoms with Crippen molar-refractivity contribution in [3.05, 3.63) is 155 Å². The van der Waals surface area contributed by atoms with Gasteiger partial charge in [-0.2, -0.15) is 49.8 Å². The Kier molecular flexibility index (Phi) is 23.4. The van der Waals surface area contributed by atoms with Gasteiger partial charge >= 0.3 is 30.1 Å². The van der Waals surface area contributed by atoms with Crippen LogP contribution in [0.25, 0.3) is 19.4 Å². The van der Waals surface area contributed by atoms with E-state index in [2.05, 4.69) is 90.2 Å². The summed E-state index contributed by atoms with van der Waals surface area (Å²) in [4.78, 5) is 108. The van der Waals surface area contributed by atoms with E-state index in [0.29, 0.717) is 53.7 Å². The van der Waals surface area contributed by atoms with Gasteiger partial charge in [-0.15, -0.1) is 0 Å². The van der Waals surface area contributed by atoms with Gasteiger partial charge < -0.3 is 71.1 Å². The smallest absolute Gasteiger partial charge is 0.319 e. The normalized spacial score (nSPS) is 29.6. The van der Waals surface area contributed by atoms with Crippen molar-refractivity contribution in [2.75, 3.05) is 71.1 Å². The molecule has 0 aliphatic heterocycles. The van der Waals surface area contributed by atoms with Crippen molar-refractivity contribution in [1.29, 1.82) is 0 Å². The number of nitrogens with zero attached hydrogens (tertiary/aromatic N) is 15. The molecule has 0 radical (unpaired) electrons. The molecular weight excluding hydrogens is 1470 g/mol. The van der Waals surface area contributed by atoms with E-state index in [4.69, 9.17) is 83.2 Å². The number of ketones is 4. The number of hydrogen-bond donors (Lipinski definition) is 0. The number of Topliss-reactive ketones (excluding diaryl/α,β-unsaturated/α-hetero) is 4. The summed E-state index contributed by atoms with van der Waals surface area (Å²) in [6.45, 7) is 49.7. The molecule has 0 bridgehead atoms. The highest BCUT2D eigenvalue weighted by Crippen LogP contribution is 2.58. The standard InChI is InChI=1S/2C17H21N3O3.3C17H19N3O3/c1-9-12-6-5-11-14(19-16(22-4)20-15(11)21-3)17(12,2)7-10-8-18-23-13(9)10;4*1-9-11-7-6-10-14(19-16(23-5)20-15(10)22-4)17(11,2)8-12(18-3)13(9)21/h8-9,12H,5-7H2,1-4H3;9,11-12H,6-8H2,1-2,4-5H3;3*8-9,11H,6-7H2,1-2,4-5H3/t9-,12-,17-;9-,11-,12?,17-;3*9-,11-,17-/m00100/s1. The Hall–Kier alpha value is -11.5. The fraction of sp³-hybridized carbons (Fsp3) is 0.565. The molecule has 0 spiro atoms. The van der Waals surface area contributed by atoms with Gasteiger partial charge in [0.25, 0.3) is 6.04 Å². The fourth-order valence-corrected chi connectivity index (χ4v) is 20.8. The molecule has 10 aliphatic carbocycles. The quantitative estimate of drug-likeness (QED) is 0.115. The molecule has 30 nitrogen and oxygen atoms in total. The van der Waals surface area contributed by atoms with Gasteiger partial charge in [0, 0.05) is 96.5 Å². The number of hydrogen-bond acceptors (Lipinski definition) is 26. The summed E-state index contributed by atoms with van der Waals surface area (Å²) < 4.78 is 58.7. The molecule has 6 aromatic rings. The maximum atomic E-state index is 12.4. The van der Waals surface area contributed by atoms with Crippen molar-refractivity contribution in [2.45, 2.75) is 185 Å². The average Bonchev–Trinajstić information content (AvgIpc) is 1.24. The molecule has 1 unspecified atom stereocenters. The maximum absolute atomic E-state index is 12.4. The lowest BCUT2D eigenvalue weighted by Crippen LogP contribution is -2.52. The summed E-state index contributed by atoms with van der Waals surface area (Å²) in [7, 11) is 15.6. The van der Waals surface area contributed by atoms with Gasteiger partial charge in [0.2, 0.25) is 52.3 Å². The van der Waals surface area contributed by atoms with Gasteiger partial charge in [-0.25, -0.2) is 21.1 Å². The zero-order valence-electron chi connectivity index (χ0n) is 69.0. The lowest BCUT2D eigenvalue weighted by molar-refractivity contribution is -0.129. The number of ether oxygens (including phenoxy) is 10. The number of rotatable bonds is 10. The number of carbonyl (C=O) groups excluding carboxylic acids is 4. The van der Waals surface area contributed by atoms with Crippen LogP contribution in [0.15, 0.2) is 46.0 Å². The van der Waals surface area contributed by atoms with Crippen LogP contribution in [0.4, 0.5) is 0 Å². The Morgan fingerprint density at radius 3 is 0.957 bits per heavy atom. The van der Waals surface area contributed by atoms with Gasteiger partial charge in [-0.3, -0.25) is 4.79 Å². The molecule has 16 atom stereocenters. The van der Waals surface area contributed by atoms with E-state index in [0.717, 1.165) is 133 Å². The molecule has 0 N–H and O–H groups in total. The van der Waals surface area contributed by atoms with Gasteiger partial charge in [0.15, 0.2) is 17.3 Å². The minimum atomic E-state index is -0.593. The van der Waals surface area contributed by atoms with E-state index >= 15 is 0 Å². The van der Waals surface area contributed by atoms with Crippen molar-refractivity contribution < 1.29 is 71.1 Å². The first-order valence-electron chi connectivity index (χ1n) is 38.7. The Bertz CT molecular complexity index is 4860. The first-order valence-corrected chi connectivity index (χ1v) is 38.7. The van der Waals surface area contributed by atoms with Crippen LogP contribution in [0.5, 0.6) is 59.5 Å². The third-order valence-electron chi connectivity index (χ3n) is 26.6. The minimum absolute atomic E-state index is 0.0684. The number of aromatic nitrogens is 11. The van der Waals surface area contributed by atoms with Gasteiger partial charge in [-0.1, -0.05) is 92.6 Å². The van der Waals surface area contributed by atoms with Crippen molar-refractivity contribution in [2.24, 2.45) is 53.3 Å². The number of fused-ring (bicyclic) bond motifs is 16. The molecule has 10 aliphatic rings. The van der Waals surface area contributed by atoms with Gasteiger partial charge in [0.1, 0.15) is 5.76 Å². The largest absolute Gasteiger partial charge is 0.481 e. The second-order valence-electron chi connectivity index (χ2n) is 32.2. The van der Waals surface area contributed by atoms with Gasteiger partial charge in [0.05, 0.1) is 125 Å². The molecule has 0 aromatic carbocycles. The SMILES string of the molecule is COc1nc(OC)c2c(n1)[C@@]1(C)Cc3cnoc3[C@@H](C)[C@@H]1CC2.[C-]#[N+]C1=C[C@@]2(C)c3nc(OC)nc(OC)c3CC[C@@H]2[C@@H](C)C1=O.[C-]#[N+]C1=C[C@]2(C)c3nc(OC)nc(OC)c3CC[C@H]2[C@H](C)C1=O.[C-]#[N+]C1=C[C@]2(C)c3nc(OC)nc(OC)c3CC[C@H]2[C@H](C)C1=O.[C-]#[N+]C1C[C@]2(C)c3nc(OC)nc(OC)c3CC[C@H]2[C@H](C)C1=O. The number of allylic oxidation sites excluding steroid dienone is 6. The molecule has 16 rings (SSSR count). The van der Waals surface area contributed by atoms with Crippen molar-refractivity contribution >= 4 is 23.1 Å². The Morgan fingerprint density at radius 2 is 0.661 bits per heavy atom. The van der Waals surface area contributed by atoms with E-state index in [-0.39, 0.29) is 122 Å². The lowest BCUT2D eigenvalue weighted by atomic mass is 9.55. The molecule has 30 heteroatoms. The van der Waals surface area contributed by atoms with Crippen LogP contribution in [-0.2, 0) is 84.8 Å². The van der Waals surface area contributed by atoms with Crippen molar-refractivity contribution in [1.82, 2.24) is 55.0 Å². The highest BCUT2D eigenvalue weighted by atomic mass is 16.5. The second-order valence-corrected chi connectivity index (χ2v) is 32.2. The van der Waals surface area contributed by atoms with Gasteiger partial charge in [-0.05, 0) is 100 Å². The van der Waals surface area contributed by atoms with Crippen LogP contribution in [-0.4, -0.2) is 155 Å². The predicted molar refractivity (Wildman–Crippen MR) is 416 cm³/mol. The Balaban J connectivity index is 0.000000133. The topological polar surface area (TPSA) is 333 Å². The first kappa shape index (κ1) is 82.9. The summed E-state index contributed by atoms with van der Waals surface area (Å²) in [6, 6.07) is 0.765. The third kappa shape index (κ3) is 13.9. The number of methoxy groups -OCH3 is 10. The van der Waals surface area contributed by atoms with E-state index in [9.17, 15) is 19.2 Å². The third-order valence-corrected chi connectivity index (χ3v) is 26.6. The summed E-state index contributed by atoms with van der Waals surface area (Å²) in [5.74, 6) is 4.15. The zero-order chi connectivity index (χ0) is 83.3. The van der Waals surface area contributed by atoms with Crippen LogP contribution in [0.2, 0.25) is 0 Å². The Labute approximate surface area is 670 Å². The van der Waals surface area contributed by atoms with E-state index in [1.807, 2.05) is 54.7 Å². The first-order chi connectivity index (χ1) is 54.9. The molecule has 0 amide bonds. The molecule has 1 fully saturated rings. The maximum Gasteiger partial charge on any atom is 0.319 e. The monoisotopic (exact) mass is 1570 g/mol. The molecular formula is C85H99N15O15. The minimum Gasteiger partial charge on any atom is -0.481 e. The highest BCUT2D eigenvalue weighted by Gasteiger charge is 2.58. The Morgan fingerprint density at radius 1 is 0.374 bits per heavy atom.